The molecule has 2 fully saturated rings. The van der Waals surface area contributed by atoms with E-state index in [1.54, 1.807) is 0 Å². The zero-order valence-corrected chi connectivity index (χ0v) is 10.8. The molecule has 14 heavy (non-hydrogen) atoms. The average molecular weight is 194 g/mol. The van der Waals surface area contributed by atoms with Crippen molar-refractivity contribution in [3.63, 3.8) is 0 Å². The molecular weight excluding hydrogens is 168 g/mol. The van der Waals surface area contributed by atoms with Crippen molar-refractivity contribution in [2.24, 2.45) is 28.1 Å². The number of fused-ring (bicyclic) bond motifs is 1. The van der Waals surface area contributed by atoms with Gasteiger partial charge in [0.2, 0.25) is 0 Å². The van der Waals surface area contributed by atoms with Crippen molar-refractivity contribution in [3.8, 4) is 0 Å². The quantitative estimate of drug-likeness (QED) is 0.607. The van der Waals surface area contributed by atoms with Crippen LogP contribution in [0.5, 0.6) is 0 Å². The Hall–Kier alpha value is 0. The second kappa shape index (κ2) is 2.57. The molecule has 0 saturated heterocycles. The lowest BCUT2D eigenvalue weighted by molar-refractivity contribution is 0.0124. The summed E-state index contributed by atoms with van der Waals surface area (Å²) in [7, 11) is 0. The zero-order valence-electron chi connectivity index (χ0n) is 10.8. The number of hydrogen-bond donors (Lipinski definition) is 0. The molecular formula is C14H26. The SMILES string of the molecule is CC(C)(C)CC(C)(C)C1CC2CC21C. The van der Waals surface area contributed by atoms with E-state index < -0.39 is 0 Å². The van der Waals surface area contributed by atoms with Gasteiger partial charge in [0, 0.05) is 0 Å². The summed E-state index contributed by atoms with van der Waals surface area (Å²) in [5.41, 5.74) is 1.80. The van der Waals surface area contributed by atoms with Crippen LogP contribution >= 0.6 is 0 Å². The predicted octanol–water partition coefficient (Wildman–Crippen LogP) is 4.49. The molecule has 2 saturated carbocycles. The molecule has 2 aliphatic rings. The van der Waals surface area contributed by atoms with Crippen molar-refractivity contribution >= 4 is 0 Å². The molecule has 2 rings (SSSR count). The Kier molecular flexibility index (Phi) is 1.93. The lowest BCUT2D eigenvalue weighted by Gasteiger charge is -2.48. The van der Waals surface area contributed by atoms with Crippen molar-refractivity contribution in [1.29, 1.82) is 0 Å². The van der Waals surface area contributed by atoms with Crippen LogP contribution in [0.3, 0.4) is 0 Å². The first-order chi connectivity index (χ1) is 6.15. The first kappa shape index (κ1) is 10.5. The lowest BCUT2D eigenvalue weighted by atomic mass is 9.57. The number of hydrogen-bond acceptors (Lipinski definition) is 0. The van der Waals surface area contributed by atoms with E-state index in [2.05, 4.69) is 41.5 Å². The molecule has 0 heterocycles. The van der Waals surface area contributed by atoms with E-state index in [4.69, 9.17) is 0 Å². The van der Waals surface area contributed by atoms with Crippen molar-refractivity contribution in [2.75, 3.05) is 0 Å². The molecule has 0 aromatic carbocycles. The third kappa shape index (κ3) is 1.51. The first-order valence-corrected chi connectivity index (χ1v) is 6.15. The summed E-state index contributed by atoms with van der Waals surface area (Å²) >= 11 is 0. The first-order valence-electron chi connectivity index (χ1n) is 6.15. The van der Waals surface area contributed by atoms with Crippen molar-refractivity contribution in [3.05, 3.63) is 0 Å². The summed E-state index contributed by atoms with van der Waals surface area (Å²) in [6.45, 7) is 14.6. The minimum atomic E-state index is 0.486. The van der Waals surface area contributed by atoms with Crippen LogP contribution in [-0.4, -0.2) is 0 Å². The van der Waals surface area contributed by atoms with Crippen LogP contribution in [0.15, 0.2) is 0 Å². The monoisotopic (exact) mass is 194 g/mol. The van der Waals surface area contributed by atoms with E-state index in [1.807, 2.05) is 0 Å². The van der Waals surface area contributed by atoms with Crippen LogP contribution < -0.4 is 0 Å². The molecule has 0 heteroatoms. The van der Waals surface area contributed by atoms with Gasteiger partial charge in [0.15, 0.2) is 0 Å². The molecule has 0 amide bonds. The van der Waals surface area contributed by atoms with Crippen molar-refractivity contribution in [1.82, 2.24) is 0 Å². The van der Waals surface area contributed by atoms with Gasteiger partial charge in [-0.25, -0.2) is 0 Å². The van der Waals surface area contributed by atoms with E-state index in [1.165, 1.54) is 19.3 Å². The maximum atomic E-state index is 2.51. The highest BCUT2D eigenvalue weighted by molar-refractivity contribution is 5.16. The normalized spacial score (nSPS) is 41.6. The summed E-state index contributed by atoms with van der Waals surface area (Å²) in [6.07, 6.45) is 4.40. The minimum Gasteiger partial charge on any atom is -0.0602 e. The van der Waals surface area contributed by atoms with Crippen LogP contribution in [0.2, 0.25) is 0 Å². The second-order valence-corrected chi connectivity index (χ2v) is 7.92. The topological polar surface area (TPSA) is 0 Å². The highest BCUT2D eigenvalue weighted by atomic mass is 14.7. The molecule has 3 unspecified atom stereocenters. The molecule has 0 aromatic heterocycles. The van der Waals surface area contributed by atoms with Crippen LogP contribution in [0.1, 0.15) is 60.8 Å². The summed E-state index contributed by atoms with van der Waals surface area (Å²) < 4.78 is 0. The van der Waals surface area contributed by atoms with E-state index in [-0.39, 0.29) is 0 Å². The van der Waals surface area contributed by atoms with Crippen molar-refractivity contribution < 1.29 is 0 Å². The van der Waals surface area contributed by atoms with E-state index in [0.29, 0.717) is 10.8 Å². The van der Waals surface area contributed by atoms with Crippen LogP contribution in [-0.2, 0) is 0 Å². The van der Waals surface area contributed by atoms with Gasteiger partial charge in [0.25, 0.3) is 0 Å². The highest BCUT2D eigenvalue weighted by Gasteiger charge is 2.67. The lowest BCUT2D eigenvalue weighted by Crippen LogP contribution is -2.40. The molecule has 0 aliphatic heterocycles. The fourth-order valence-electron chi connectivity index (χ4n) is 4.35. The molecule has 0 aromatic rings. The van der Waals surface area contributed by atoms with E-state index in [9.17, 15) is 0 Å². The van der Waals surface area contributed by atoms with Gasteiger partial charge in [0.05, 0.1) is 0 Å². The highest BCUT2D eigenvalue weighted by Crippen LogP contribution is 2.75. The summed E-state index contributed by atoms with van der Waals surface area (Å²) in [6, 6.07) is 0. The van der Waals surface area contributed by atoms with E-state index >= 15 is 0 Å². The molecule has 82 valence electrons. The summed E-state index contributed by atoms with van der Waals surface area (Å²) in [5, 5.41) is 0. The Labute approximate surface area is 89.5 Å². The van der Waals surface area contributed by atoms with E-state index in [0.717, 1.165) is 17.3 Å². The van der Waals surface area contributed by atoms with Gasteiger partial charge in [-0.15, -0.1) is 0 Å². The Bertz CT molecular complexity index is 243. The Morgan fingerprint density at radius 1 is 1.14 bits per heavy atom. The zero-order chi connectivity index (χ0) is 10.8. The van der Waals surface area contributed by atoms with Crippen LogP contribution in [0.25, 0.3) is 0 Å². The molecule has 0 N–H and O–H groups in total. The van der Waals surface area contributed by atoms with Gasteiger partial charge in [-0.05, 0) is 47.3 Å². The maximum absolute atomic E-state index is 2.51. The Morgan fingerprint density at radius 3 is 2.00 bits per heavy atom. The third-order valence-corrected chi connectivity index (χ3v) is 4.70. The van der Waals surface area contributed by atoms with Gasteiger partial charge >= 0.3 is 0 Å². The largest absolute Gasteiger partial charge is 0.0602 e. The Balaban J connectivity index is 2.02. The third-order valence-electron chi connectivity index (χ3n) is 4.70. The van der Waals surface area contributed by atoms with Crippen molar-refractivity contribution in [2.45, 2.75) is 60.8 Å². The van der Waals surface area contributed by atoms with Gasteiger partial charge < -0.3 is 0 Å². The molecule has 3 atom stereocenters. The van der Waals surface area contributed by atoms with Gasteiger partial charge in [-0.2, -0.15) is 0 Å². The van der Waals surface area contributed by atoms with Crippen LogP contribution in [0, 0.1) is 28.1 Å². The summed E-state index contributed by atoms with van der Waals surface area (Å²) in [5.74, 6) is 2.10. The number of rotatable bonds is 2. The van der Waals surface area contributed by atoms with Gasteiger partial charge in [0.1, 0.15) is 0 Å². The minimum absolute atomic E-state index is 0.486. The average Bonchev–Trinajstić information content (AvgIpc) is 2.33. The molecule has 0 nitrogen and oxygen atoms in total. The molecule has 0 bridgehead atoms. The molecule has 2 aliphatic carbocycles. The fraction of sp³-hybridized carbons (Fsp3) is 1.00. The van der Waals surface area contributed by atoms with Gasteiger partial charge in [-0.1, -0.05) is 41.5 Å². The Morgan fingerprint density at radius 2 is 1.71 bits per heavy atom. The summed E-state index contributed by atoms with van der Waals surface area (Å²) in [4.78, 5) is 0. The standard InChI is InChI=1S/C14H26/c1-12(2,3)9-13(4,5)11-7-10-8-14(10,11)6/h10-11H,7-9H2,1-6H3. The smallest absolute Gasteiger partial charge is 0.0261 e. The maximum Gasteiger partial charge on any atom is -0.0261 e. The molecule has 0 radical (unpaired) electrons. The second-order valence-electron chi connectivity index (χ2n) is 7.92. The van der Waals surface area contributed by atoms with Crippen LogP contribution in [0.4, 0.5) is 0 Å². The molecule has 0 spiro atoms. The fourth-order valence-corrected chi connectivity index (χ4v) is 4.35. The predicted molar refractivity (Wildman–Crippen MR) is 62.2 cm³/mol. The van der Waals surface area contributed by atoms with Gasteiger partial charge in [-0.3, -0.25) is 0 Å².